The molecule has 1 aromatic carbocycles. The predicted octanol–water partition coefficient (Wildman–Crippen LogP) is 3.86. The van der Waals surface area contributed by atoms with Crippen molar-refractivity contribution in [1.82, 2.24) is 34.7 Å². The van der Waals surface area contributed by atoms with Crippen molar-refractivity contribution in [2.45, 2.75) is 38.6 Å². The largest absolute Gasteiger partial charge is 0.307 e. The SMILES string of the molecule is c1n[nH]c(-c2ccc(-c3nc4nccnc4n3CC3CCCCC3)cc2)n1. The minimum atomic E-state index is 0.686. The number of aromatic amines is 1. The molecule has 1 aliphatic carbocycles. The van der Waals surface area contributed by atoms with Gasteiger partial charge in [0.2, 0.25) is 0 Å². The Kier molecular flexibility index (Phi) is 4.12. The molecule has 1 saturated carbocycles. The standard InChI is InChI=1S/C20H21N7/c1-2-4-14(5-3-1)12-27-19(25-18-20(27)22-11-10-21-18)16-8-6-15(7-9-16)17-23-13-24-26-17/h6-11,13-14H,1-5,12H2,(H,23,24,26). The van der Waals surface area contributed by atoms with Crippen molar-refractivity contribution in [3.63, 3.8) is 0 Å². The smallest absolute Gasteiger partial charge is 0.198 e. The summed E-state index contributed by atoms with van der Waals surface area (Å²) >= 11 is 0. The lowest BCUT2D eigenvalue weighted by molar-refractivity contribution is 0.323. The van der Waals surface area contributed by atoms with Gasteiger partial charge in [-0.25, -0.2) is 19.9 Å². The Hall–Kier alpha value is -3.09. The van der Waals surface area contributed by atoms with Crippen LogP contribution >= 0.6 is 0 Å². The topological polar surface area (TPSA) is 85.2 Å². The van der Waals surface area contributed by atoms with E-state index in [0.29, 0.717) is 11.6 Å². The number of hydrogen-bond donors (Lipinski definition) is 1. The number of H-pyrrole nitrogens is 1. The van der Waals surface area contributed by atoms with Gasteiger partial charge in [0.15, 0.2) is 17.1 Å². The highest BCUT2D eigenvalue weighted by Gasteiger charge is 2.20. The maximum Gasteiger partial charge on any atom is 0.198 e. The molecule has 27 heavy (non-hydrogen) atoms. The molecule has 1 N–H and O–H groups in total. The van der Waals surface area contributed by atoms with Crippen LogP contribution in [0, 0.1) is 5.92 Å². The van der Waals surface area contributed by atoms with Gasteiger partial charge in [0.25, 0.3) is 0 Å². The van der Waals surface area contributed by atoms with Crippen molar-refractivity contribution < 1.29 is 0 Å². The molecule has 136 valence electrons. The summed E-state index contributed by atoms with van der Waals surface area (Å²) in [5.74, 6) is 2.39. The fourth-order valence-corrected chi connectivity index (χ4v) is 4.00. The highest BCUT2D eigenvalue weighted by Crippen LogP contribution is 2.30. The second kappa shape index (κ2) is 6.90. The monoisotopic (exact) mass is 359 g/mol. The molecule has 3 heterocycles. The number of hydrogen-bond acceptors (Lipinski definition) is 5. The lowest BCUT2D eigenvalue weighted by atomic mass is 9.89. The first-order chi connectivity index (χ1) is 13.4. The van der Waals surface area contributed by atoms with Gasteiger partial charge < -0.3 is 4.57 Å². The summed E-state index contributed by atoms with van der Waals surface area (Å²) in [5.41, 5.74) is 3.65. The van der Waals surface area contributed by atoms with Crippen molar-refractivity contribution in [3.8, 4) is 22.8 Å². The highest BCUT2D eigenvalue weighted by atomic mass is 15.2. The van der Waals surface area contributed by atoms with Crippen molar-refractivity contribution in [2.24, 2.45) is 5.92 Å². The van der Waals surface area contributed by atoms with Crippen LogP contribution in [0.25, 0.3) is 34.1 Å². The van der Waals surface area contributed by atoms with E-state index in [2.05, 4.69) is 41.8 Å². The summed E-state index contributed by atoms with van der Waals surface area (Å²) in [6.45, 7) is 0.953. The summed E-state index contributed by atoms with van der Waals surface area (Å²) in [6.07, 6.45) is 11.5. The van der Waals surface area contributed by atoms with Gasteiger partial charge in [0, 0.05) is 30.1 Å². The van der Waals surface area contributed by atoms with Crippen molar-refractivity contribution in [2.75, 3.05) is 0 Å². The first kappa shape index (κ1) is 16.1. The summed E-state index contributed by atoms with van der Waals surface area (Å²) in [6, 6.07) is 8.24. The fourth-order valence-electron chi connectivity index (χ4n) is 4.00. The normalized spacial score (nSPS) is 15.4. The third kappa shape index (κ3) is 3.09. The van der Waals surface area contributed by atoms with E-state index in [0.717, 1.165) is 35.0 Å². The van der Waals surface area contributed by atoms with E-state index in [4.69, 9.17) is 4.98 Å². The molecule has 5 rings (SSSR count). The van der Waals surface area contributed by atoms with E-state index in [1.54, 1.807) is 12.4 Å². The zero-order valence-corrected chi connectivity index (χ0v) is 15.0. The molecule has 0 amide bonds. The number of fused-ring (bicyclic) bond motifs is 1. The molecular formula is C20H21N7. The predicted molar refractivity (Wildman–Crippen MR) is 103 cm³/mol. The molecule has 7 nitrogen and oxygen atoms in total. The Labute approximate surface area is 156 Å². The summed E-state index contributed by atoms with van der Waals surface area (Å²) in [4.78, 5) is 18.0. The highest BCUT2D eigenvalue weighted by molar-refractivity contribution is 5.74. The van der Waals surface area contributed by atoms with E-state index in [1.807, 2.05) is 12.1 Å². The lowest BCUT2D eigenvalue weighted by Gasteiger charge is -2.23. The van der Waals surface area contributed by atoms with Crippen molar-refractivity contribution in [3.05, 3.63) is 43.0 Å². The maximum absolute atomic E-state index is 4.79. The third-order valence-corrected chi connectivity index (χ3v) is 5.38. The molecule has 4 aromatic rings. The van der Waals surface area contributed by atoms with Crippen LogP contribution < -0.4 is 0 Å². The molecule has 0 atom stereocenters. The minimum absolute atomic E-state index is 0.686. The zero-order chi connectivity index (χ0) is 18.1. The van der Waals surface area contributed by atoms with E-state index in [1.165, 1.54) is 38.4 Å². The van der Waals surface area contributed by atoms with Gasteiger partial charge >= 0.3 is 0 Å². The first-order valence-corrected chi connectivity index (χ1v) is 9.52. The minimum Gasteiger partial charge on any atom is -0.307 e. The molecule has 0 aliphatic heterocycles. The van der Waals surface area contributed by atoms with Crippen LogP contribution in [0.4, 0.5) is 0 Å². The third-order valence-electron chi connectivity index (χ3n) is 5.38. The Morgan fingerprint density at radius 2 is 1.70 bits per heavy atom. The molecule has 0 saturated heterocycles. The molecule has 0 bridgehead atoms. The fraction of sp³-hybridized carbons (Fsp3) is 0.350. The van der Waals surface area contributed by atoms with Crippen LogP contribution in [-0.4, -0.2) is 34.7 Å². The number of nitrogens with zero attached hydrogens (tertiary/aromatic N) is 6. The molecular weight excluding hydrogens is 338 g/mol. The van der Waals surface area contributed by atoms with Crippen LogP contribution in [0.5, 0.6) is 0 Å². The summed E-state index contributed by atoms with van der Waals surface area (Å²) < 4.78 is 2.25. The van der Waals surface area contributed by atoms with Crippen LogP contribution in [0.3, 0.4) is 0 Å². The molecule has 3 aromatic heterocycles. The van der Waals surface area contributed by atoms with Gasteiger partial charge in [-0.15, -0.1) is 0 Å². The van der Waals surface area contributed by atoms with E-state index >= 15 is 0 Å². The van der Waals surface area contributed by atoms with E-state index in [9.17, 15) is 0 Å². The van der Waals surface area contributed by atoms with Gasteiger partial charge in [-0.1, -0.05) is 43.5 Å². The van der Waals surface area contributed by atoms with Crippen molar-refractivity contribution in [1.29, 1.82) is 0 Å². The number of aromatic nitrogens is 7. The quantitative estimate of drug-likeness (QED) is 0.598. The van der Waals surface area contributed by atoms with Gasteiger partial charge in [-0.3, -0.25) is 5.10 Å². The molecule has 0 radical (unpaired) electrons. The number of benzene rings is 1. The molecule has 1 fully saturated rings. The van der Waals surface area contributed by atoms with Crippen LogP contribution in [0.2, 0.25) is 0 Å². The van der Waals surface area contributed by atoms with Crippen LogP contribution in [0.1, 0.15) is 32.1 Å². The Morgan fingerprint density at radius 3 is 2.48 bits per heavy atom. The van der Waals surface area contributed by atoms with Gasteiger partial charge in [0.1, 0.15) is 12.2 Å². The van der Waals surface area contributed by atoms with Crippen molar-refractivity contribution >= 4 is 11.3 Å². The van der Waals surface area contributed by atoms with Gasteiger partial charge in [0.05, 0.1) is 0 Å². The summed E-state index contributed by atoms with van der Waals surface area (Å²) in [5, 5.41) is 6.82. The van der Waals surface area contributed by atoms with Crippen LogP contribution in [0.15, 0.2) is 43.0 Å². The maximum atomic E-state index is 4.79. The average molecular weight is 359 g/mol. The number of rotatable bonds is 4. The summed E-state index contributed by atoms with van der Waals surface area (Å²) in [7, 11) is 0. The first-order valence-electron chi connectivity index (χ1n) is 9.52. The van der Waals surface area contributed by atoms with E-state index in [-0.39, 0.29) is 0 Å². The number of imidazole rings is 1. The molecule has 0 spiro atoms. The Bertz CT molecular complexity index is 1030. The van der Waals surface area contributed by atoms with Gasteiger partial charge in [-0.05, 0) is 18.8 Å². The number of nitrogens with one attached hydrogen (secondary N) is 1. The Balaban J connectivity index is 1.54. The Morgan fingerprint density at radius 1 is 0.926 bits per heavy atom. The lowest BCUT2D eigenvalue weighted by Crippen LogP contribution is -2.15. The second-order valence-electron chi connectivity index (χ2n) is 7.17. The zero-order valence-electron chi connectivity index (χ0n) is 15.0. The van der Waals surface area contributed by atoms with E-state index < -0.39 is 0 Å². The molecule has 1 aliphatic rings. The van der Waals surface area contributed by atoms with Crippen LogP contribution in [-0.2, 0) is 6.54 Å². The van der Waals surface area contributed by atoms with Gasteiger partial charge in [-0.2, -0.15) is 5.10 Å². The average Bonchev–Trinajstić information content (AvgIpc) is 3.38. The molecule has 0 unspecified atom stereocenters. The second-order valence-corrected chi connectivity index (χ2v) is 7.17. The molecule has 7 heteroatoms.